The first-order valence-corrected chi connectivity index (χ1v) is 5.30. The number of piperidine rings is 1. The van der Waals surface area contributed by atoms with Crippen LogP contribution in [-0.4, -0.2) is 58.1 Å². The quantitative estimate of drug-likeness (QED) is 0.512. The minimum Gasteiger partial charge on any atom is -0.444 e. The van der Waals surface area contributed by atoms with Crippen LogP contribution in [0.3, 0.4) is 0 Å². The molecule has 0 spiro atoms. The van der Waals surface area contributed by atoms with Gasteiger partial charge in [-0.25, -0.2) is 4.79 Å². The number of hydrogen-bond donors (Lipinski definition) is 3. The Balaban J connectivity index is 2.58. The molecule has 4 N–H and O–H groups in total. The molecule has 0 aromatic heterocycles. The van der Waals surface area contributed by atoms with Crippen molar-refractivity contribution in [3.05, 3.63) is 0 Å². The summed E-state index contributed by atoms with van der Waals surface area (Å²) in [6.07, 6.45) is -2.38. The van der Waals surface area contributed by atoms with Gasteiger partial charge in [-0.15, -0.1) is 0 Å². The van der Waals surface area contributed by atoms with E-state index in [1.165, 1.54) is 4.90 Å². The highest BCUT2D eigenvalue weighted by atomic mass is 16.6. The van der Waals surface area contributed by atoms with E-state index in [0.29, 0.717) is 0 Å². The minimum absolute atomic E-state index is 0.0904. The summed E-state index contributed by atoms with van der Waals surface area (Å²) in [4.78, 5) is 12.9. The van der Waals surface area contributed by atoms with Crippen LogP contribution in [0.1, 0.15) is 20.8 Å². The van der Waals surface area contributed by atoms with Crippen molar-refractivity contribution in [1.82, 2.24) is 4.90 Å². The van der Waals surface area contributed by atoms with E-state index in [1.807, 2.05) is 0 Å². The summed E-state index contributed by atoms with van der Waals surface area (Å²) in [7, 11) is 0. The number of hydrogen-bond acceptors (Lipinski definition) is 5. The minimum atomic E-state index is -0.920. The maximum Gasteiger partial charge on any atom is 0.410 e. The van der Waals surface area contributed by atoms with Gasteiger partial charge in [0.25, 0.3) is 0 Å². The first-order valence-electron chi connectivity index (χ1n) is 5.30. The Hall–Kier alpha value is -0.850. The highest BCUT2D eigenvalue weighted by Gasteiger charge is 2.36. The SMILES string of the molecule is CC(C)(C)OC(=O)N1C[C@@H](O)C(N)[C@@H](O)C1. The van der Waals surface area contributed by atoms with Gasteiger partial charge in [0.1, 0.15) is 5.60 Å². The molecule has 0 saturated carbocycles. The molecular weight excluding hydrogens is 212 g/mol. The summed E-state index contributed by atoms with van der Waals surface area (Å²) < 4.78 is 5.13. The lowest BCUT2D eigenvalue weighted by Gasteiger charge is -2.38. The van der Waals surface area contributed by atoms with Crippen molar-refractivity contribution in [1.29, 1.82) is 0 Å². The van der Waals surface area contributed by atoms with E-state index >= 15 is 0 Å². The second-order valence-electron chi connectivity index (χ2n) is 5.10. The second kappa shape index (κ2) is 4.57. The molecule has 6 heteroatoms. The summed E-state index contributed by atoms with van der Waals surface area (Å²) >= 11 is 0. The number of aliphatic hydroxyl groups excluding tert-OH is 2. The van der Waals surface area contributed by atoms with Crippen molar-refractivity contribution in [2.45, 2.75) is 44.6 Å². The predicted octanol–water partition coefficient (Wildman–Crippen LogP) is -0.714. The zero-order chi connectivity index (χ0) is 12.5. The summed E-state index contributed by atoms with van der Waals surface area (Å²) in [5, 5.41) is 19.1. The number of carbonyl (C=O) groups is 1. The normalized spacial score (nSPS) is 31.4. The number of β-amino-alcohol motifs (C(OH)–C–C–N with tert-alkyl or cyclic N) is 2. The largest absolute Gasteiger partial charge is 0.444 e. The van der Waals surface area contributed by atoms with Crippen LogP contribution in [0.4, 0.5) is 4.79 Å². The van der Waals surface area contributed by atoms with Crippen LogP contribution >= 0.6 is 0 Å². The highest BCUT2D eigenvalue weighted by molar-refractivity contribution is 5.68. The van der Waals surface area contributed by atoms with Crippen molar-refractivity contribution in [2.24, 2.45) is 5.73 Å². The van der Waals surface area contributed by atoms with Gasteiger partial charge in [0, 0.05) is 0 Å². The van der Waals surface area contributed by atoms with Crippen molar-refractivity contribution in [2.75, 3.05) is 13.1 Å². The fourth-order valence-electron chi connectivity index (χ4n) is 1.50. The van der Waals surface area contributed by atoms with Crippen LogP contribution < -0.4 is 5.73 Å². The number of rotatable bonds is 0. The Morgan fingerprint density at radius 3 is 2.12 bits per heavy atom. The third-order valence-corrected chi connectivity index (χ3v) is 2.36. The number of aliphatic hydroxyl groups is 2. The zero-order valence-electron chi connectivity index (χ0n) is 9.88. The molecule has 94 valence electrons. The Kier molecular flexibility index (Phi) is 3.77. The monoisotopic (exact) mass is 232 g/mol. The van der Waals surface area contributed by atoms with Gasteiger partial charge in [-0.1, -0.05) is 0 Å². The molecule has 1 aliphatic rings. The van der Waals surface area contributed by atoms with Crippen LogP contribution in [0, 0.1) is 0 Å². The number of carbonyl (C=O) groups excluding carboxylic acids is 1. The average molecular weight is 232 g/mol. The number of amides is 1. The molecule has 3 atom stereocenters. The Morgan fingerprint density at radius 1 is 1.31 bits per heavy atom. The van der Waals surface area contributed by atoms with Crippen molar-refractivity contribution in [3.8, 4) is 0 Å². The summed E-state index contributed by atoms with van der Waals surface area (Å²) in [6, 6.07) is -0.710. The smallest absolute Gasteiger partial charge is 0.410 e. The fraction of sp³-hybridized carbons (Fsp3) is 0.900. The van der Waals surface area contributed by atoms with Crippen LogP contribution in [-0.2, 0) is 4.74 Å². The average Bonchev–Trinajstić information content (AvgIpc) is 2.10. The van der Waals surface area contributed by atoms with Gasteiger partial charge in [0.05, 0.1) is 31.3 Å². The fourth-order valence-corrected chi connectivity index (χ4v) is 1.50. The third kappa shape index (κ3) is 3.33. The topological polar surface area (TPSA) is 96.0 Å². The van der Waals surface area contributed by atoms with Gasteiger partial charge in [0.2, 0.25) is 0 Å². The van der Waals surface area contributed by atoms with Crippen molar-refractivity contribution < 1.29 is 19.7 Å². The van der Waals surface area contributed by atoms with E-state index in [-0.39, 0.29) is 13.1 Å². The van der Waals surface area contributed by atoms with Crippen LogP contribution in [0.25, 0.3) is 0 Å². The van der Waals surface area contributed by atoms with Gasteiger partial charge in [-0.3, -0.25) is 0 Å². The molecule has 1 unspecified atom stereocenters. The first-order chi connectivity index (χ1) is 7.20. The molecule has 0 bridgehead atoms. The van der Waals surface area contributed by atoms with Gasteiger partial charge >= 0.3 is 6.09 Å². The maximum atomic E-state index is 11.7. The number of ether oxygens (including phenoxy) is 1. The number of nitrogens with zero attached hydrogens (tertiary/aromatic N) is 1. The lowest BCUT2D eigenvalue weighted by molar-refractivity contribution is -0.0406. The Morgan fingerprint density at radius 2 is 1.75 bits per heavy atom. The van der Waals surface area contributed by atoms with E-state index in [1.54, 1.807) is 20.8 Å². The summed E-state index contributed by atoms with van der Waals surface area (Å²) in [5.74, 6) is 0. The highest BCUT2D eigenvalue weighted by Crippen LogP contribution is 2.15. The molecule has 1 fully saturated rings. The van der Waals surface area contributed by atoms with E-state index in [2.05, 4.69) is 0 Å². The Bertz CT molecular complexity index is 252. The van der Waals surface area contributed by atoms with Crippen LogP contribution in [0.15, 0.2) is 0 Å². The van der Waals surface area contributed by atoms with Gasteiger partial charge < -0.3 is 25.6 Å². The molecule has 0 aromatic carbocycles. The molecule has 1 rings (SSSR count). The lowest BCUT2D eigenvalue weighted by Crippen LogP contribution is -2.60. The lowest BCUT2D eigenvalue weighted by atomic mass is 10.0. The second-order valence-corrected chi connectivity index (χ2v) is 5.10. The molecule has 6 nitrogen and oxygen atoms in total. The Labute approximate surface area is 95.0 Å². The van der Waals surface area contributed by atoms with Gasteiger partial charge in [0.15, 0.2) is 0 Å². The molecule has 0 aliphatic carbocycles. The summed E-state index contributed by atoms with van der Waals surface area (Å²) in [6.45, 7) is 5.45. The zero-order valence-corrected chi connectivity index (χ0v) is 9.88. The molecular formula is C10H20N2O4. The van der Waals surface area contributed by atoms with Crippen LogP contribution in [0.5, 0.6) is 0 Å². The van der Waals surface area contributed by atoms with Crippen LogP contribution in [0.2, 0.25) is 0 Å². The predicted molar refractivity (Wildman–Crippen MR) is 57.8 cm³/mol. The molecule has 1 heterocycles. The molecule has 16 heavy (non-hydrogen) atoms. The molecule has 1 amide bonds. The third-order valence-electron chi connectivity index (χ3n) is 2.36. The first kappa shape index (κ1) is 13.2. The standard InChI is InChI=1S/C10H20N2O4/c1-10(2,3)16-9(15)12-4-6(13)8(11)7(14)5-12/h6-8,13-14H,4-5,11H2,1-3H3/t6-,7+,8?. The van der Waals surface area contributed by atoms with Gasteiger partial charge in [-0.05, 0) is 20.8 Å². The molecule has 0 aromatic rings. The van der Waals surface area contributed by atoms with E-state index < -0.39 is 29.9 Å². The molecule has 1 aliphatic heterocycles. The molecule has 0 radical (unpaired) electrons. The van der Waals surface area contributed by atoms with Gasteiger partial charge in [-0.2, -0.15) is 0 Å². The number of nitrogens with two attached hydrogens (primary N) is 1. The molecule has 1 saturated heterocycles. The van der Waals surface area contributed by atoms with Crippen molar-refractivity contribution >= 4 is 6.09 Å². The maximum absolute atomic E-state index is 11.7. The van der Waals surface area contributed by atoms with E-state index in [9.17, 15) is 15.0 Å². The summed E-state index contributed by atoms with van der Waals surface area (Å²) in [5.41, 5.74) is 4.94. The number of likely N-dealkylation sites (tertiary alicyclic amines) is 1. The van der Waals surface area contributed by atoms with E-state index in [0.717, 1.165) is 0 Å². The van der Waals surface area contributed by atoms with Crippen molar-refractivity contribution in [3.63, 3.8) is 0 Å². The van der Waals surface area contributed by atoms with E-state index in [4.69, 9.17) is 10.5 Å².